The van der Waals surface area contributed by atoms with E-state index >= 15 is 0 Å². The summed E-state index contributed by atoms with van der Waals surface area (Å²) in [5.74, 6) is 0. The molecule has 0 heterocycles. The molecule has 2 aromatic carbocycles. The van der Waals surface area contributed by atoms with Crippen LogP contribution in [0.25, 0.3) is 23.3 Å². The smallest absolute Gasteiger partial charge is 0.130 e. The van der Waals surface area contributed by atoms with Gasteiger partial charge < -0.3 is 0 Å². The lowest BCUT2D eigenvalue weighted by Crippen LogP contribution is -1.81. The summed E-state index contributed by atoms with van der Waals surface area (Å²) >= 11 is 0. The van der Waals surface area contributed by atoms with Gasteiger partial charge in [0.2, 0.25) is 0 Å². The van der Waals surface area contributed by atoms with Gasteiger partial charge >= 0.3 is 0 Å². The normalized spacial score (nSPS) is 8.67. The Morgan fingerprint density at radius 3 is 1.08 bits per heavy atom. The van der Waals surface area contributed by atoms with Crippen molar-refractivity contribution in [2.24, 2.45) is 0 Å². The molecule has 0 aliphatic carbocycles. The fourth-order valence-corrected chi connectivity index (χ4v) is 2.06. The molecule has 0 fully saturated rings. The molecule has 4 heteroatoms. The second kappa shape index (κ2) is 7.77. The average Bonchev–Trinajstić information content (AvgIpc) is 2.65. The summed E-state index contributed by atoms with van der Waals surface area (Å²) in [6, 6.07) is 22.3. The van der Waals surface area contributed by atoms with Gasteiger partial charge in [-0.15, -0.1) is 0 Å². The van der Waals surface area contributed by atoms with Gasteiger partial charge in [-0.3, -0.25) is 0 Å². The molecule has 110 valence electrons. The first-order chi connectivity index (χ1) is 11.7. The summed E-state index contributed by atoms with van der Waals surface area (Å²) in [5.41, 5.74) is 3.65. The molecule has 24 heavy (non-hydrogen) atoms. The molecule has 0 atom stereocenters. The van der Waals surface area contributed by atoms with Crippen molar-refractivity contribution in [1.29, 1.82) is 21.0 Å². The van der Waals surface area contributed by atoms with Crippen LogP contribution in [0.15, 0.2) is 59.7 Å². The van der Waals surface area contributed by atoms with E-state index in [0.717, 1.165) is 22.3 Å². The van der Waals surface area contributed by atoms with Crippen LogP contribution in [0, 0.1) is 45.3 Å². The van der Waals surface area contributed by atoms with E-state index < -0.39 is 0 Å². The third kappa shape index (κ3) is 3.96. The van der Waals surface area contributed by atoms with Crippen molar-refractivity contribution in [3.05, 3.63) is 70.8 Å². The molecule has 0 radical (unpaired) electrons. The van der Waals surface area contributed by atoms with Crippen molar-refractivity contribution in [2.45, 2.75) is 0 Å². The number of hydrogen-bond donors (Lipinski definition) is 0. The minimum atomic E-state index is 0.0599. The highest BCUT2D eigenvalue weighted by molar-refractivity contribution is 5.70. The summed E-state index contributed by atoms with van der Waals surface area (Å²) in [4.78, 5) is 0. The minimum Gasteiger partial charge on any atom is -0.192 e. The molecular formula is C20H10N4. The summed E-state index contributed by atoms with van der Waals surface area (Å²) < 4.78 is 0. The maximum absolute atomic E-state index is 8.76. The van der Waals surface area contributed by atoms with E-state index in [1.165, 1.54) is 12.2 Å². The molecule has 0 aliphatic rings. The molecule has 0 N–H and O–H groups in total. The minimum absolute atomic E-state index is 0.0599. The van der Waals surface area contributed by atoms with Crippen LogP contribution in [0.3, 0.4) is 0 Å². The first-order valence-electron chi connectivity index (χ1n) is 6.94. The molecule has 0 saturated heterocycles. The Hall–Kier alpha value is -4.12. The number of benzene rings is 2. The van der Waals surface area contributed by atoms with E-state index in [4.69, 9.17) is 21.0 Å². The molecule has 2 aromatic rings. The van der Waals surface area contributed by atoms with Crippen molar-refractivity contribution in [1.82, 2.24) is 0 Å². The molecule has 0 aromatic heterocycles. The maximum Gasteiger partial charge on any atom is 0.130 e. The SMILES string of the molecule is N#CC(C#N)=Cc1ccc(-c2ccc(C=C(C#N)C#N)cc2)cc1. The van der Waals surface area contributed by atoms with E-state index in [2.05, 4.69) is 0 Å². The Morgan fingerprint density at radius 1 is 0.542 bits per heavy atom. The first-order valence-corrected chi connectivity index (χ1v) is 6.94. The Labute approximate surface area is 140 Å². The van der Waals surface area contributed by atoms with Crippen LogP contribution in [0.4, 0.5) is 0 Å². The summed E-state index contributed by atoms with van der Waals surface area (Å²) in [6.07, 6.45) is 3.06. The fraction of sp³-hybridized carbons (Fsp3) is 0. The zero-order valence-electron chi connectivity index (χ0n) is 12.6. The van der Waals surface area contributed by atoms with Gasteiger partial charge in [-0.2, -0.15) is 21.0 Å². The van der Waals surface area contributed by atoms with Gasteiger partial charge in [0.25, 0.3) is 0 Å². The topological polar surface area (TPSA) is 95.2 Å². The Bertz CT molecular complexity index is 849. The molecule has 2 rings (SSSR count). The van der Waals surface area contributed by atoms with Gasteiger partial charge in [0.15, 0.2) is 0 Å². The molecule has 4 nitrogen and oxygen atoms in total. The summed E-state index contributed by atoms with van der Waals surface area (Å²) in [5, 5.41) is 35.0. The molecule has 0 aliphatic heterocycles. The predicted molar refractivity (Wildman–Crippen MR) is 90.3 cm³/mol. The van der Waals surface area contributed by atoms with Crippen LogP contribution >= 0.6 is 0 Å². The summed E-state index contributed by atoms with van der Waals surface area (Å²) in [7, 11) is 0. The monoisotopic (exact) mass is 306 g/mol. The van der Waals surface area contributed by atoms with E-state index in [9.17, 15) is 0 Å². The lowest BCUT2D eigenvalue weighted by Gasteiger charge is -2.03. The number of nitriles is 4. The Morgan fingerprint density at radius 2 is 0.833 bits per heavy atom. The molecule has 0 bridgehead atoms. The van der Waals surface area contributed by atoms with Gasteiger partial charge in [0.1, 0.15) is 35.4 Å². The van der Waals surface area contributed by atoms with Crippen molar-refractivity contribution in [2.75, 3.05) is 0 Å². The number of rotatable bonds is 3. The molecule has 0 saturated carbocycles. The quantitative estimate of drug-likeness (QED) is 0.793. The number of allylic oxidation sites excluding steroid dienone is 2. The van der Waals surface area contributed by atoms with Gasteiger partial charge in [-0.25, -0.2) is 0 Å². The third-order valence-electron chi connectivity index (χ3n) is 3.26. The molecular weight excluding hydrogens is 296 g/mol. The van der Waals surface area contributed by atoms with Crippen molar-refractivity contribution < 1.29 is 0 Å². The molecule has 0 spiro atoms. The van der Waals surface area contributed by atoms with Gasteiger partial charge in [0, 0.05) is 0 Å². The van der Waals surface area contributed by atoms with Gasteiger partial charge in [-0.05, 0) is 34.4 Å². The Balaban J connectivity index is 2.25. The van der Waals surface area contributed by atoms with E-state index in [0.29, 0.717) is 0 Å². The molecule has 0 unspecified atom stereocenters. The van der Waals surface area contributed by atoms with Crippen LogP contribution in [0.1, 0.15) is 11.1 Å². The highest BCUT2D eigenvalue weighted by Crippen LogP contribution is 2.22. The van der Waals surface area contributed by atoms with Gasteiger partial charge in [0.05, 0.1) is 0 Å². The van der Waals surface area contributed by atoms with Crippen molar-refractivity contribution >= 4 is 12.2 Å². The zero-order valence-corrected chi connectivity index (χ0v) is 12.6. The maximum atomic E-state index is 8.76. The third-order valence-corrected chi connectivity index (χ3v) is 3.26. The van der Waals surface area contributed by atoms with Crippen molar-refractivity contribution in [3.8, 4) is 35.4 Å². The van der Waals surface area contributed by atoms with Crippen LogP contribution < -0.4 is 0 Å². The second-order valence-electron chi connectivity index (χ2n) is 4.81. The first kappa shape index (κ1) is 16.3. The lowest BCUT2D eigenvalue weighted by atomic mass is 10.0. The highest BCUT2D eigenvalue weighted by atomic mass is 14.3. The largest absolute Gasteiger partial charge is 0.192 e. The fourth-order valence-electron chi connectivity index (χ4n) is 2.06. The number of hydrogen-bond acceptors (Lipinski definition) is 4. The van der Waals surface area contributed by atoms with Crippen LogP contribution in [0.5, 0.6) is 0 Å². The van der Waals surface area contributed by atoms with E-state index in [-0.39, 0.29) is 11.1 Å². The number of nitrogens with zero attached hydrogens (tertiary/aromatic N) is 4. The summed E-state index contributed by atoms with van der Waals surface area (Å²) in [6.45, 7) is 0. The predicted octanol–water partition coefficient (Wildman–Crippen LogP) is 4.21. The van der Waals surface area contributed by atoms with Gasteiger partial charge in [-0.1, -0.05) is 48.5 Å². The van der Waals surface area contributed by atoms with Crippen molar-refractivity contribution in [3.63, 3.8) is 0 Å². The van der Waals surface area contributed by atoms with E-state index in [1.54, 1.807) is 0 Å². The molecule has 0 amide bonds. The van der Waals surface area contributed by atoms with Crippen LogP contribution in [-0.2, 0) is 0 Å². The lowest BCUT2D eigenvalue weighted by molar-refractivity contribution is 1.47. The van der Waals surface area contributed by atoms with E-state index in [1.807, 2.05) is 72.8 Å². The average molecular weight is 306 g/mol. The zero-order chi connectivity index (χ0) is 17.4. The van der Waals surface area contributed by atoms with Crippen LogP contribution in [-0.4, -0.2) is 0 Å². The Kier molecular flexibility index (Phi) is 5.26. The van der Waals surface area contributed by atoms with Crippen LogP contribution in [0.2, 0.25) is 0 Å². The highest BCUT2D eigenvalue weighted by Gasteiger charge is 2.00. The standard InChI is InChI=1S/C20H10N4/c21-11-17(12-22)9-15-1-5-19(6-2-15)20-7-3-16(4-8-20)10-18(13-23)14-24/h1-10H. The second-order valence-corrected chi connectivity index (χ2v) is 4.81.